The van der Waals surface area contributed by atoms with E-state index in [2.05, 4.69) is 213 Å². The molecule has 0 aliphatic carbocycles. The van der Waals surface area contributed by atoms with Crippen LogP contribution in [0.15, 0.2) is 279 Å². The Labute approximate surface area is 448 Å². The van der Waals surface area contributed by atoms with Gasteiger partial charge in [-0.2, -0.15) is 0 Å². The fraction of sp³-hybridized carbons (Fsp3) is 0. The molecular formula is C70H46IrN4-2. The third-order valence-corrected chi connectivity index (χ3v) is 14.0. The van der Waals surface area contributed by atoms with Crippen LogP contribution in [-0.2, 0) is 20.1 Å². The first kappa shape index (κ1) is 46.8. The van der Waals surface area contributed by atoms with Gasteiger partial charge in [-0.05, 0) is 115 Å². The van der Waals surface area contributed by atoms with Crippen LogP contribution < -0.4 is 0 Å². The molecule has 15 aromatic rings. The van der Waals surface area contributed by atoms with Crippen molar-refractivity contribution in [2.75, 3.05) is 0 Å². The maximum atomic E-state index is 4.22. The third kappa shape index (κ3) is 8.85. The van der Waals surface area contributed by atoms with E-state index in [1.807, 2.05) is 84.9 Å². The molecule has 0 aliphatic rings. The number of fused-ring (bicyclic) bond motifs is 12. The molecule has 1 radical (unpaired) electrons. The van der Waals surface area contributed by atoms with Gasteiger partial charge < -0.3 is 19.1 Å². The summed E-state index contributed by atoms with van der Waals surface area (Å²) in [6.07, 6.45) is 3.58. The zero-order valence-corrected chi connectivity index (χ0v) is 43.1. The van der Waals surface area contributed by atoms with Gasteiger partial charge in [0.25, 0.3) is 0 Å². The van der Waals surface area contributed by atoms with E-state index < -0.39 is 0 Å². The maximum Gasteiger partial charge on any atom is 0.0541 e. The van der Waals surface area contributed by atoms with Gasteiger partial charge in [0.15, 0.2) is 0 Å². The minimum Gasteiger partial charge on any atom is -0.309 e. The molecule has 0 atom stereocenters. The number of benzene rings is 11. The predicted molar refractivity (Wildman–Crippen MR) is 310 cm³/mol. The van der Waals surface area contributed by atoms with Gasteiger partial charge >= 0.3 is 0 Å². The molecule has 0 fully saturated rings. The summed E-state index contributed by atoms with van der Waals surface area (Å²) in [6.45, 7) is 0. The van der Waals surface area contributed by atoms with Crippen LogP contribution in [0.3, 0.4) is 0 Å². The fourth-order valence-electron chi connectivity index (χ4n) is 10.7. The van der Waals surface area contributed by atoms with E-state index in [4.69, 9.17) is 0 Å². The smallest absolute Gasteiger partial charge is 0.0541 e. The summed E-state index contributed by atoms with van der Waals surface area (Å²) < 4.78 is 4.88. The van der Waals surface area contributed by atoms with Gasteiger partial charge in [0.2, 0.25) is 0 Å². The van der Waals surface area contributed by atoms with Crippen molar-refractivity contribution in [3.63, 3.8) is 0 Å². The molecule has 357 valence electrons. The van der Waals surface area contributed by atoms with E-state index in [-0.39, 0.29) is 20.1 Å². The van der Waals surface area contributed by atoms with Crippen LogP contribution >= 0.6 is 0 Å². The Morgan fingerprint density at radius 3 is 0.987 bits per heavy atom. The number of para-hydroxylation sites is 4. The van der Waals surface area contributed by atoms with Crippen LogP contribution in [0.5, 0.6) is 0 Å². The molecule has 15 rings (SSSR count). The Bertz CT molecular complexity index is 4050. The first-order chi connectivity index (χ1) is 36.7. The molecule has 4 heterocycles. The SMILES string of the molecule is [Ir].[c-]1ccccc1-c1ccccn1.[c-]1ccccc1-c1ccccn1.c1ccc2c(c1)c1ccccc1c1cc(-c3cc(-n4c5ccccc5c5ccccc54)cc(-n4c5ccccc5c5ccccc54)c3)ccc21. The number of hydrogen-bond acceptors (Lipinski definition) is 2. The first-order valence-electron chi connectivity index (χ1n) is 25.0. The molecule has 0 saturated carbocycles. The minimum atomic E-state index is 0. The van der Waals surface area contributed by atoms with E-state index in [1.165, 1.54) is 87.1 Å². The monoisotopic (exact) mass is 1140 g/mol. The number of rotatable bonds is 5. The maximum absolute atomic E-state index is 4.22. The van der Waals surface area contributed by atoms with Crippen molar-refractivity contribution < 1.29 is 20.1 Å². The Morgan fingerprint density at radius 2 is 0.613 bits per heavy atom. The van der Waals surface area contributed by atoms with Gasteiger partial charge in [-0.25, -0.2) is 0 Å². The Kier molecular flexibility index (Phi) is 12.9. The summed E-state index contributed by atoms with van der Waals surface area (Å²) in [7, 11) is 0. The molecule has 0 aliphatic heterocycles. The summed E-state index contributed by atoms with van der Waals surface area (Å²) in [4.78, 5) is 8.44. The zero-order chi connectivity index (χ0) is 49.2. The molecule has 0 unspecified atom stereocenters. The molecule has 5 heteroatoms. The molecular weight excluding hydrogens is 1090 g/mol. The molecule has 75 heavy (non-hydrogen) atoms. The summed E-state index contributed by atoms with van der Waals surface area (Å²) in [6, 6.07) is 101. The normalized spacial score (nSPS) is 11.1. The topological polar surface area (TPSA) is 35.6 Å². The van der Waals surface area contributed by atoms with E-state index in [0.29, 0.717) is 0 Å². The van der Waals surface area contributed by atoms with E-state index in [1.54, 1.807) is 12.4 Å². The van der Waals surface area contributed by atoms with E-state index in [0.717, 1.165) is 33.9 Å². The van der Waals surface area contributed by atoms with Crippen molar-refractivity contribution in [2.24, 2.45) is 0 Å². The van der Waals surface area contributed by atoms with Gasteiger partial charge in [-0.1, -0.05) is 158 Å². The van der Waals surface area contributed by atoms with Crippen LogP contribution in [-0.4, -0.2) is 19.1 Å². The summed E-state index contributed by atoms with van der Waals surface area (Å²) in [5.74, 6) is 0. The molecule has 0 amide bonds. The molecule has 4 aromatic heterocycles. The van der Waals surface area contributed by atoms with Crippen LogP contribution in [0.4, 0.5) is 0 Å². The number of hydrogen-bond donors (Lipinski definition) is 0. The Morgan fingerprint density at radius 1 is 0.267 bits per heavy atom. The van der Waals surface area contributed by atoms with Gasteiger partial charge in [-0.15, -0.1) is 71.8 Å². The van der Waals surface area contributed by atoms with Gasteiger partial charge in [0, 0.05) is 65.4 Å². The average molecular weight is 1140 g/mol. The quantitative estimate of drug-likeness (QED) is 0.127. The van der Waals surface area contributed by atoms with Gasteiger partial charge in [0.05, 0.1) is 22.1 Å². The van der Waals surface area contributed by atoms with Crippen LogP contribution in [0.25, 0.3) is 121 Å². The summed E-state index contributed by atoms with van der Waals surface area (Å²) in [5, 5.41) is 12.8. The molecule has 11 aromatic carbocycles. The predicted octanol–water partition coefficient (Wildman–Crippen LogP) is 18.1. The van der Waals surface area contributed by atoms with E-state index >= 15 is 0 Å². The first-order valence-corrected chi connectivity index (χ1v) is 25.0. The zero-order valence-electron chi connectivity index (χ0n) is 40.7. The van der Waals surface area contributed by atoms with Crippen molar-refractivity contribution in [3.8, 4) is 45.0 Å². The molecule has 0 N–H and O–H groups in total. The van der Waals surface area contributed by atoms with Crippen molar-refractivity contribution in [1.82, 2.24) is 19.1 Å². The molecule has 0 bridgehead atoms. The molecule has 4 nitrogen and oxygen atoms in total. The van der Waals surface area contributed by atoms with Crippen LogP contribution in [0, 0.1) is 12.1 Å². The summed E-state index contributed by atoms with van der Waals surface area (Å²) >= 11 is 0. The molecule has 0 spiro atoms. The number of nitrogens with zero attached hydrogens (tertiary/aromatic N) is 4. The second kappa shape index (κ2) is 20.7. The van der Waals surface area contributed by atoms with Crippen LogP contribution in [0.2, 0.25) is 0 Å². The van der Waals surface area contributed by atoms with Gasteiger partial charge in [-0.3, -0.25) is 0 Å². The average Bonchev–Trinajstić information content (AvgIpc) is 4.02. The van der Waals surface area contributed by atoms with Crippen molar-refractivity contribution in [1.29, 1.82) is 0 Å². The minimum absolute atomic E-state index is 0. The van der Waals surface area contributed by atoms with Crippen molar-refractivity contribution in [2.45, 2.75) is 0 Å². The third-order valence-electron chi connectivity index (χ3n) is 14.0. The Balaban J connectivity index is 0.000000186. The van der Waals surface area contributed by atoms with Gasteiger partial charge in [0.1, 0.15) is 0 Å². The van der Waals surface area contributed by atoms with Crippen molar-refractivity contribution >= 4 is 75.9 Å². The number of aromatic nitrogens is 4. The fourth-order valence-corrected chi connectivity index (χ4v) is 10.7. The van der Waals surface area contributed by atoms with Crippen molar-refractivity contribution in [3.05, 3.63) is 291 Å². The largest absolute Gasteiger partial charge is 0.309 e. The van der Waals surface area contributed by atoms with Crippen LogP contribution in [0.1, 0.15) is 0 Å². The second-order valence-corrected chi connectivity index (χ2v) is 18.3. The standard InChI is InChI=1S/C48H30N2.2C11H8N.Ir/c1-2-15-37-35(13-1)36-14-3-4-16-38(36)44-29-31(25-26-39(37)44)32-27-33(49-45-21-9-5-17-40(45)41-18-6-10-22-46(41)49)30-34(28-32)50-47-23-11-7-19-42(47)43-20-8-12-24-48(43)50;2*1-2-6-10(7-3-1)11-8-4-5-9-12-11;/h1-30H;2*1-6,8-9H;/q;2*-1;. The van der Waals surface area contributed by atoms with E-state index in [9.17, 15) is 0 Å². The summed E-state index contributed by atoms with van der Waals surface area (Å²) in [5.41, 5.74) is 13.5. The number of pyridine rings is 2. The second-order valence-electron chi connectivity index (χ2n) is 18.3. The Hall–Kier alpha value is -9.25. The molecule has 0 saturated heterocycles.